The summed E-state index contributed by atoms with van der Waals surface area (Å²) in [5, 5.41) is 6.58. The highest BCUT2D eigenvalue weighted by Crippen LogP contribution is 2.24. The summed E-state index contributed by atoms with van der Waals surface area (Å²) in [6.45, 7) is 4.94. The van der Waals surface area contributed by atoms with Gasteiger partial charge in [-0.2, -0.15) is 0 Å². The average Bonchev–Trinajstić information content (AvgIpc) is 2.78. The van der Waals surface area contributed by atoms with Gasteiger partial charge in [-0.05, 0) is 47.1 Å². The Balaban J connectivity index is 2.21. The lowest BCUT2D eigenvalue weighted by Crippen LogP contribution is -2.23. The molecule has 0 aliphatic heterocycles. The van der Waals surface area contributed by atoms with Gasteiger partial charge in [-0.1, -0.05) is 13.0 Å². The number of nitrogens with one attached hydrogen (secondary N) is 1. The number of likely N-dealkylation sites (N-methyl/N-ethyl adjacent to an activating group) is 1. The number of aromatic nitrogens is 1. The third-order valence-corrected chi connectivity index (χ3v) is 4.31. The van der Waals surface area contributed by atoms with E-state index in [2.05, 4.69) is 38.5 Å². The first-order valence-electron chi connectivity index (χ1n) is 6.19. The molecule has 2 aromatic rings. The number of rotatable bonds is 5. The van der Waals surface area contributed by atoms with Crippen molar-refractivity contribution in [2.45, 2.75) is 26.3 Å². The molecule has 19 heavy (non-hydrogen) atoms. The molecule has 1 heterocycles. The summed E-state index contributed by atoms with van der Waals surface area (Å²) in [5.41, 5.74) is 2.15. The monoisotopic (exact) mass is 342 g/mol. The van der Waals surface area contributed by atoms with Crippen LogP contribution in [0.4, 0.5) is 4.39 Å². The second-order valence-corrected chi connectivity index (χ2v) is 6.26. The molecule has 0 fully saturated rings. The van der Waals surface area contributed by atoms with E-state index in [0.29, 0.717) is 4.47 Å². The predicted octanol–water partition coefficient (Wildman–Crippen LogP) is 4.25. The van der Waals surface area contributed by atoms with Crippen LogP contribution in [0.25, 0.3) is 0 Å². The van der Waals surface area contributed by atoms with Crippen LogP contribution in [0.3, 0.4) is 0 Å². The standard InChI is InChI=1S/C14H16BrFN2S/c1-3-17-14(7-11-8-19-9(2)18-11)10-4-5-13(16)12(15)6-10/h4-6,8,14,17H,3,7H2,1-2H3. The van der Waals surface area contributed by atoms with Crippen LogP contribution in [-0.4, -0.2) is 11.5 Å². The Bertz CT molecular complexity index is 556. The molecule has 0 aliphatic carbocycles. The summed E-state index contributed by atoms with van der Waals surface area (Å²) in [5.74, 6) is -0.233. The van der Waals surface area contributed by atoms with Crippen molar-refractivity contribution in [2.75, 3.05) is 6.54 Å². The van der Waals surface area contributed by atoms with Crippen LogP contribution >= 0.6 is 27.3 Å². The molecule has 0 spiro atoms. The highest BCUT2D eigenvalue weighted by atomic mass is 79.9. The Morgan fingerprint density at radius 1 is 1.47 bits per heavy atom. The lowest BCUT2D eigenvalue weighted by atomic mass is 10.0. The molecule has 1 N–H and O–H groups in total. The Morgan fingerprint density at radius 3 is 2.84 bits per heavy atom. The zero-order valence-electron chi connectivity index (χ0n) is 10.9. The van der Waals surface area contributed by atoms with Crippen molar-refractivity contribution in [3.63, 3.8) is 0 Å². The molecule has 0 aliphatic rings. The highest BCUT2D eigenvalue weighted by Gasteiger charge is 2.14. The Labute approximate surface area is 125 Å². The second kappa shape index (κ2) is 6.59. The largest absolute Gasteiger partial charge is 0.310 e. The van der Waals surface area contributed by atoms with Crippen molar-refractivity contribution < 1.29 is 4.39 Å². The molecule has 0 amide bonds. The number of hydrogen-bond acceptors (Lipinski definition) is 3. The summed E-state index contributed by atoms with van der Waals surface area (Å²) in [4.78, 5) is 4.49. The van der Waals surface area contributed by atoms with Crippen molar-refractivity contribution in [1.82, 2.24) is 10.3 Å². The van der Waals surface area contributed by atoms with Crippen LogP contribution in [0.15, 0.2) is 28.1 Å². The van der Waals surface area contributed by atoms with Crippen molar-refractivity contribution in [3.05, 3.63) is 50.1 Å². The zero-order chi connectivity index (χ0) is 13.8. The van der Waals surface area contributed by atoms with Crippen LogP contribution < -0.4 is 5.32 Å². The van der Waals surface area contributed by atoms with E-state index in [0.717, 1.165) is 29.2 Å². The van der Waals surface area contributed by atoms with Crippen LogP contribution in [0.1, 0.15) is 29.2 Å². The molecule has 0 radical (unpaired) electrons. The minimum Gasteiger partial charge on any atom is -0.310 e. The summed E-state index contributed by atoms with van der Waals surface area (Å²) in [7, 11) is 0. The molecule has 1 unspecified atom stereocenters. The first kappa shape index (κ1) is 14.6. The third-order valence-electron chi connectivity index (χ3n) is 2.88. The molecular formula is C14H16BrFN2S. The van der Waals surface area contributed by atoms with Gasteiger partial charge in [-0.3, -0.25) is 0 Å². The van der Waals surface area contributed by atoms with Gasteiger partial charge in [0.05, 0.1) is 15.2 Å². The van der Waals surface area contributed by atoms with E-state index < -0.39 is 0 Å². The number of nitrogens with zero attached hydrogens (tertiary/aromatic N) is 1. The lowest BCUT2D eigenvalue weighted by molar-refractivity contribution is 0.542. The number of hydrogen-bond donors (Lipinski definition) is 1. The first-order valence-corrected chi connectivity index (χ1v) is 7.86. The van der Waals surface area contributed by atoms with E-state index in [1.807, 2.05) is 19.1 Å². The molecule has 0 saturated heterocycles. The van der Waals surface area contributed by atoms with Crippen LogP contribution in [-0.2, 0) is 6.42 Å². The molecule has 5 heteroatoms. The Morgan fingerprint density at radius 2 is 2.26 bits per heavy atom. The van der Waals surface area contributed by atoms with Crippen LogP contribution in [0.5, 0.6) is 0 Å². The molecule has 1 aromatic heterocycles. The maximum absolute atomic E-state index is 13.3. The van der Waals surface area contributed by atoms with Gasteiger partial charge < -0.3 is 5.32 Å². The second-order valence-electron chi connectivity index (χ2n) is 4.35. The van der Waals surface area contributed by atoms with Gasteiger partial charge in [0.2, 0.25) is 0 Å². The number of halogens is 2. The van der Waals surface area contributed by atoms with Gasteiger partial charge in [-0.15, -0.1) is 11.3 Å². The minimum absolute atomic E-state index is 0.156. The number of benzene rings is 1. The average molecular weight is 343 g/mol. The smallest absolute Gasteiger partial charge is 0.137 e. The van der Waals surface area contributed by atoms with Gasteiger partial charge >= 0.3 is 0 Å². The number of aryl methyl sites for hydroxylation is 1. The van der Waals surface area contributed by atoms with E-state index in [1.54, 1.807) is 11.3 Å². The molecule has 2 rings (SSSR count). The summed E-state index contributed by atoms with van der Waals surface area (Å²) < 4.78 is 13.8. The quantitative estimate of drug-likeness (QED) is 0.878. The topological polar surface area (TPSA) is 24.9 Å². The fourth-order valence-electron chi connectivity index (χ4n) is 1.99. The van der Waals surface area contributed by atoms with E-state index in [9.17, 15) is 4.39 Å². The lowest BCUT2D eigenvalue weighted by Gasteiger charge is -2.17. The molecular weight excluding hydrogens is 327 g/mol. The summed E-state index contributed by atoms with van der Waals surface area (Å²) in [6, 6.07) is 5.31. The van der Waals surface area contributed by atoms with E-state index in [4.69, 9.17) is 0 Å². The highest BCUT2D eigenvalue weighted by molar-refractivity contribution is 9.10. The molecule has 1 aromatic carbocycles. The molecule has 2 nitrogen and oxygen atoms in total. The Hall–Kier alpha value is -0.780. The van der Waals surface area contributed by atoms with Gasteiger partial charge in [0.25, 0.3) is 0 Å². The fourth-order valence-corrected chi connectivity index (χ4v) is 3.02. The van der Waals surface area contributed by atoms with E-state index in [1.165, 1.54) is 6.07 Å². The summed E-state index contributed by atoms with van der Waals surface area (Å²) in [6.07, 6.45) is 0.816. The molecule has 0 bridgehead atoms. The zero-order valence-corrected chi connectivity index (χ0v) is 13.3. The third kappa shape index (κ3) is 3.84. The maximum Gasteiger partial charge on any atom is 0.137 e. The molecule has 0 saturated carbocycles. The van der Waals surface area contributed by atoms with E-state index in [-0.39, 0.29) is 11.9 Å². The number of thiazole rings is 1. The van der Waals surface area contributed by atoms with E-state index >= 15 is 0 Å². The first-order chi connectivity index (χ1) is 9.10. The Kier molecular flexibility index (Phi) is 5.07. The van der Waals surface area contributed by atoms with Crippen molar-refractivity contribution in [2.24, 2.45) is 0 Å². The SMILES string of the molecule is CCNC(Cc1csc(C)n1)c1ccc(F)c(Br)c1. The fraction of sp³-hybridized carbons (Fsp3) is 0.357. The van der Waals surface area contributed by atoms with Crippen LogP contribution in [0.2, 0.25) is 0 Å². The van der Waals surface area contributed by atoms with Crippen molar-refractivity contribution in [1.29, 1.82) is 0 Å². The summed E-state index contributed by atoms with van der Waals surface area (Å²) >= 11 is 4.90. The van der Waals surface area contributed by atoms with Gasteiger partial charge in [0.1, 0.15) is 5.82 Å². The predicted molar refractivity (Wildman–Crippen MR) is 81.1 cm³/mol. The van der Waals surface area contributed by atoms with Gasteiger partial charge in [0.15, 0.2) is 0 Å². The maximum atomic E-state index is 13.3. The van der Waals surface area contributed by atoms with Crippen LogP contribution in [0, 0.1) is 12.7 Å². The van der Waals surface area contributed by atoms with Crippen molar-refractivity contribution >= 4 is 27.3 Å². The van der Waals surface area contributed by atoms with Crippen molar-refractivity contribution in [3.8, 4) is 0 Å². The minimum atomic E-state index is -0.233. The molecule has 102 valence electrons. The van der Waals surface area contributed by atoms with Gasteiger partial charge in [0, 0.05) is 17.8 Å². The normalized spacial score (nSPS) is 12.6. The van der Waals surface area contributed by atoms with Gasteiger partial charge in [-0.25, -0.2) is 9.37 Å². The molecule has 1 atom stereocenters.